The molecule has 9 rings (SSSR count). The Morgan fingerprint density at radius 3 is 1.38 bits per heavy atom. The molecule has 0 saturated heterocycles. The van der Waals surface area contributed by atoms with Gasteiger partial charge < -0.3 is 19.4 Å². The van der Waals surface area contributed by atoms with E-state index < -0.39 is 77.0 Å². The standard InChI is InChI=1S/C55H40ClF7N4O4/c1-3-70-51(68)47(52(69)71-4-2)45-46(50(57)53(58,59)54(60,61)55(56,62)63)49-44(34-23-15-8-16-24-34)40-30-28-38(66-40)42(32-19-11-6-12-20-32)36-26-25-35(64-36)41(31-17-9-5-10-18-31)37-27-29-39(65-37)43(48(45)67-49)33-21-13-7-14-22-33/h5-30,45,47,64-65H,3-4H2,1-2H3/b41-35?,41-37?,42-36?,42-38?,43-39?,44-40?,48-43?,49-44?,50-46+. The van der Waals surface area contributed by atoms with Gasteiger partial charge in [0.05, 0.1) is 41.9 Å². The number of rotatable bonds is 12. The molecule has 0 fully saturated rings. The van der Waals surface area contributed by atoms with Gasteiger partial charge in [-0.1, -0.05) is 121 Å². The highest BCUT2D eigenvalue weighted by Gasteiger charge is 2.74. The zero-order valence-corrected chi connectivity index (χ0v) is 38.4. The number of aromatic amines is 2. The van der Waals surface area contributed by atoms with Gasteiger partial charge in [-0.3, -0.25) is 14.6 Å². The minimum atomic E-state index is -6.62. The van der Waals surface area contributed by atoms with E-state index in [4.69, 9.17) is 31.0 Å². The highest BCUT2D eigenvalue weighted by atomic mass is 35.5. The lowest BCUT2D eigenvalue weighted by molar-refractivity contribution is -0.269. The summed E-state index contributed by atoms with van der Waals surface area (Å²) in [6.45, 7) is 1.93. The SMILES string of the molecule is CCOC(=O)C(C(=O)OCC)C1/C(=C(\F)C(F)(F)C(F)(F)C(F)(F)Cl)c2nc1c(-c1ccccc1)c1ccc([nH]1)c(-c1ccccc1)c1ccc([nH]1)c(-c1ccccc1)c1nc(c2-c2ccccc2)C=C1. The molecule has 0 spiro atoms. The van der Waals surface area contributed by atoms with Crippen molar-refractivity contribution >= 4 is 63.3 Å². The van der Waals surface area contributed by atoms with Crippen LogP contribution in [0.4, 0.5) is 30.7 Å². The first-order valence-corrected chi connectivity index (χ1v) is 22.7. The Labute approximate surface area is 406 Å². The molecule has 8 bridgehead atoms. The lowest BCUT2D eigenvalue weighted by atomic mass is 9.78. The van der Waals surface area contributed by atoms with E-state index >= 15 is 22.0 Å². The molecule has 71 heavy (non-hydrogen) atoms. The number of halogens is 8. The zero-order chi connectivity index (χ0) is 50.2. The highest BCUT2D eigenvalue weighted by molar-refractivity contribution is 6.22. The molecular formula is C55H40ClF7N4O4. The maximum Gasteiger partial charge on any atom is 0.393 e. The van der Waals surface area contributed by atoms with Gasteiger partial charge in [0.25, 0.3) is 0 Å². The lowest BCUT2D eigenvalue weighted by Crippen LogP contribution is -2.52. The summed E-state index contributed by atoms with van der Waals surface area (Å²) >= 11 is 4.70. The number of hydrogen-bond donors (Lipinski definition) is 2. The van der Waals surface area contributed by atoms with Gasteiger partial charge in [-0.2, -0.15) is 26.3 Å². The summed E-state index contributed by atoms with van der Waals surface area (Å²) in [5.74, 6) is -24.0. The molecule has 7 aromatic rings. The average molecular weight is 989 g/mol. The topological polar surface area (TPSA) is 110 Å². The van der Waals surface area contributed by atoms with Crippen LogP contribution in [0.3, 0.4) is 0 Å². The maximum absolute atomic E-state index is 17.9. The van der Waals surface area contributed by atoms with Crippen molar-refractivity contribution in [2.75, 3.05) is 13.2 Å². The summed E-state index contributed by atoms with van der Waals surface area (Å²) < 4.78 is 123. The molecule has 16 heteroatoms. The van der Waals surface area contributed by atoms with Gasteiger partial charge in [-0.05, 0) is 84.1 Å². The molecule has 1 unspecified atom stereocenters. The number of carbonyl (C=O) groups excluding carboxylic acids is 2. The molecular weight excluding hydrogens is 949 g/mol. The van der Waals surface area contributed by atoms with Crippen molar-refractivity contribution < 1.29 is 49.8 Å². The number of H-pyrrole nitrogens is 2. The van der Waals surface area contributed by atoms with E-state index in [1.165, 1.54) is 32.1 Å². The van der Waals surface area contributed by atoms with Gasteiger partial charge in [0.1, 0.15) is 0 Å². The van der Waals surface area contributed by atoms with Gasteiger partial charge >= 0.3 is 29.2 Å². The van der Waals surface area contributed by atoms with Crippen molar-refractivity contribution in [2.24, 2.45) is 5.92 Å². The number of aromatic nitrogens is 4. The minimum Gasteiger partial charge on any atom is -0.465 e. The second-order valence-corrected chi connectivity index (χ2v) is 16.9. The molecule has 4 aromatic carbocycles. The minimum absolute atomic E-state index is 0.0339. The molecule has 0 aliphatic carbocycles. The second-order valence-electron chi connectivity index (χ2n) is 16.4. The van der Waals surface area contributed by atoms with Crippen LogP contribution >= 0.6 is 11.6 Å². The van der Waals surface area contributed by atoms with Crippen LogP contribution in [-0.2, 0) is 19.1 Å². The van der Waals surface area contributed by atoms with Crippen LogP contribution in [0.5, 0.6) is 0 Å². The summed E-state index contributed by atoms with van der Waals surface area (Å²) in [6, 6.07) is 41.2. The van der Waals surface area contributed by atoms with Crippen LogP contribution in [0.2, 0.25) is 0 Å². The van der Waals surface area contributed by atoms with Crippen molar-refractivity contribution in [3.63, 3.8) is 0 Å². The van der Waals surface area contributed by atoms with Crippen molar-refractivity contribution in [1.29, 1.82) is 0 Å². The molecule has 2 aliphatic rings. The number of ether oxygens (including phenoxy) is 2. The van der Waals surface area contributed by atoms with E-state index in [2.05, 4.69) is 9.97 Å². The highest BCUT2D eigenvalue weighted by Crippen LogP contribution is 2.58. The number of nitrogens with one attached hydrogen (secondary N) is 2. The van der Waals surface area contributed by atoms with E-state index in [0.29, 0.717) is 38.9 Å². The zero-order valence-electron chi connectivity index (χ0n) is 37.6. The lowest BCUT2D eigenvalue weighted by Gasteiger charge is -2.30. The molecule has 0 saturated carbocycles. The monoisotopic (exact) mass is 988 g/mol. The summed E-state index contributed by atoms with van der Waals surface area (Å²) in [7, 11) is 0. The fourth-order valence-corrected chi connectivity index (χ4v) is 9.12. The molecule has 0 radical (unpaired) electrons. The number of nitrogens with zero attached hydrogens (tertiary/aromatic N) is 2. The third kappa shape index (κ3) is 8.68. The normalized spacial score (nSPS) is 14.7. The number of esters is 2. The maximum atomic E-state index is 17.9. The van der Waals surface area contributed by atoms with Gasteiger partial charge in [0.15, 0.2) is 11.7 Å². The quantitative estimate of drug-likeness (QED) is 0.0546. The predicted molar refractivity (Wildman–Crippen MR) is 260 cm³/mol. The fraction of sp³-hybridized carbons (Fsp3) is 0.164. The van der Waals surface area contributed by atoms with Crippen LogP contribution in [-0.4, -0.2) is 62.3 Å². The summed E-state index contributed by atoms with van der Waals surface area (Å²) in [5.41, 5.74) is 1.82. The average Bonchev–Trinajstić information content (AvgIpc) is 4.20. The largest absolute Gasteiger partial charge is 0.465 e. The summed E-state index contributed by atoms with van der Waals surface area (Å²) in [5, 5.41) is -6.04. The van der Waals surface area contributed by atoms with Crippen molar-refractivity contribution in [2.45, 2.75) is 37.0 Å². The van der Waals surface area contributed by atoms with E-state index in [1.807, 2.05) is 72.8 Å². The Balaban J connectivity index is 1.60. The molecule has 0 amide bonds. The van der Waals surface area contributed by atoms with E-state index in [-0.39, 0.29) is 33.5 Å². The van der Waals surface area contributed by atoms with Gasteiger partial charge in [0.2, 0.25) is 0 Å². The smallest absolute Gasteiger partial charge is 0.393 e. The van der Waals surface area contributed by atoms with Crippen molar-refractivity contribution in [3.05, 3.63) is 174 Å². The van der Waals surface area contributed by atoms with Crippen LogP contribution in [0, 0.1) is 5.92 Å². The Hall–Kier alpha value is -7.78. The Morgan fingerprint density at radius 2 is 0.944 bits per heavy atom. The summed E-state index contributed by atoms with van der Waals surface area (Å²) in [6.07, 6.45) is 3.08. The molecule has 2 aliphatic heterocycles. The first-order chi connectivity index (χ1) is 34.1. The third-order valence-corrected chi connectivity index (χ3v) is 12.4. The number of benzene rings is 4. The molecule has 360 valence electrons. The molecule has 3 aromatic heterocycles. The van der Waals surface area contributed by atoms with Gasteiger partial charge in [0, 0.05) is 49.9 Å². The molecule has 1 atom stereocenters. The predicted octanol–water partition coefficient (Wildman–Crippen LogP) is 14.5. The van der Waals surface area contributed by atoms with Gasteiger partial charge in [-0.25, -0.2) is 9.37 Å². The van der Waals surface area contributed by atoms with Crippen LogP contribution in [0.1, 0.15) is 42.5 Å². The fourth-order valence-electron chi connectivity index (χ4n) is 9.00. The second kappa shape index (κ2) is 19.2. The molecule has 2 N–H and O–H groups in total. The number of hydrogen-bond acceptors (Lipinski definition) is 6. The summed E-state index contributed by atoms with van der Waals surface area (Å²) in [4.78, 5) is 45.7. The van der Waals surface area contributed by atoms with Crippen molar-refractivity contribution in [3.8, 4) is 44.5 Å². The number of fused-ring (bicyclic) bond motifs is 8. The van der Waals surface area contributed by atoms with E-state index in [1.54, 1.807) is 66.7 Å². The van der Waals surface area contributed by atoms with E-state index in [0.717, 1.165) is 5.56 Å². The Kier molecular flexibility index (Phi) is 13.0. The molecule has 5 heterocycles. The molecule has 8 nitrogen and oxygen atoms in total. The Bertz CT molecular complexity index is 3380. The van der Waals surface area contributed by atoms with Crippen LogP contribution in [0.15, 0.2) is 151 Å². The Morgan fingerprint density at radius 1 is 0.563 bits per heavy atom. The van der Waals surface area contributed by atoms with E-state index in [9.17, 15) is 18.4 Å². The first kappa shape index (κ1) is 48.3. The van der Waals surface area contributed by atoms with Crippen molar-refractivity contribution in [1.82, 2.24) is 19.9 Å². The van der Waals surface area contributed by atoms with Crippen LogP contribution < -0.4 is 0 Å². The number of carbonyl (C=O) groups is 2. The number of alkyl halides is 7. The van der Waals surface area contributed by atoms with Gasteiger partial charge in [-0.15, -0.1) is 0 Å². The third-order valence-electron chi connectivity index (χ3n) is 12.1. The number of allylic oxidation sites excluding steroid dienone is 2. The first-order valence-electron chi connectivity index (χ1n) is 22.3. The van der Waals surface area contributed by atoms with Crippen LogP contribution in [0.25, 0.3) is 84.3 Å².